The Hall–Kier alpha value is -0.970. The maximum absolute atomic E-state index is 10.8. The maximum atomic E-state index is 10.8. The molecule has 0 saturated carbocycles. The van der Waals surface area contributed by atoms with Gasteiger partial charge in [0.1, 0.15) is 0 Å². The fourth-order valence-corrected chi connectivity index (χ4v) is 0.864. The van der Waals surface area contributed by atoms with Crippen LogP contribution in [-0.2, 0) is 0 Å². The monoisotopic (exact) mass is 173 g/mol. The topological polar surface area (TPSA) is 63.3 Å². The van der Waals surface area contributed by atoms with Gasteiger partial charge in [0.05, 0.1) is 5.56 Å². The van der Waals surface area contributed by atoms with Crippen LogP contribution in [-0.4, -0.2) is 16.3 Å². The van der Waals surface area contributed by atoms with E-state index >= 15 is 0 Å². The Bertz CT molecular complexity index is 320. The molecule has 0 aliphatic carbocycles. The summed E-state index contributed by atoms with van der Waals surface area (Å²) in [6, 6.07) is 0. The van der Waals surface area contributed by atoms with Crippen molar-refractivity contribution in [1.29, 1.82) is 0 Å². The SMILES string of the molecule is CSc1nc(O)c(C)c(=O)o1. The van der Waals surface area contributed by atoms with E-state index in [0.717, 1.165) is 0 Å². The molecule has 0 fully saturated rings. The quantitative estimate of drug-likeness (QED) is 0.635. The number of rotatable bonds is 1. The first-order valence-corrected chi connectivity index (χ1v) is 4.12. The molecule has 1 rings (SSSR count). The summed E-state index contributed by atoms with van der Waals surface area (Å²) in [5.74, 6) is -0.259. The number of thioether (sulfide) groups is 1. The average molecular weight is 173 g/mol. The Kier molecular flexibility index (Phi) is 2.19. The van der Waals surface area contributed by atoms with Crippen LogP contribution in [0, 0.1) is 6.92 Å². The zero-order chi connectivity index (χ0) is 8.43. The Morgan fingerprint density at radius 2 is 2.27 bits per heavy atom. The van der Waals surface area contributed by atoms with Crippen LogP contribution in [0.15, 0.2) is 14.4 Å². The molecular formula is C6H7NO3S. The molecule has 1 aromatic heterocycles. The first-order valence-electron chi connectivity index (χ1n) is 2.90. The molecule has 0 aliphatic rings. The molecule has 5 heteroatoms. The number of hydrogen-bond donors (Lipinski definition) is 1. The van der Waals surface area contributed by atoms with E-state index < -0.39 is 5.63 Å². The molecule has 0 saturated heterocycles. The van der Waals surface area contributed by atoms with Crippen LogP contribution >= 0.6 is 11.8 Å². The molecule has 0 aliphatic heterocycles. The van der Waals surface area contributed by atoms with Gasteiger partial charge in [-0.15, -0.1) is 0 Å². The molecule has 4 nitrogen and oxygen atoms in total. The molecule has 60 valence electrons. The van der Waals surface area contributed by atoms with Gasteiger partial charge < -0.3 is 9.52 Å². The van der Waals surface area contributed by atoms with Crippen LogP contribution < -0.4 is 5.63 Å². The summed E-state index contributed by atoms with van der Waals surface area (Å²) in [4.78, 5) is 14.4. The van der Waals surface area contributed by atoms with Gasteiger partial charge in [0.2, 0.25) is 5.88 Å². The predicted molar refractivity (Wildman–Crippen MR) is 41.0 cm³/mol. The van der Waals surface area contributed by atoms with Crippen molar-refractivity contribution in [3.63, 3.8) is 0 Å². The molecule has 0 unspecified atom stereocenters. The van der Waals surface area contributed by atoms with E-state index in [0.29, 0.717) is 0 Å². The van der Waals surface area contributed by atoms with Crippen molar-refractivity contribution in [2.75, 3.05) is 6.26 Å². The molecule has 0 amide bonds. The van der Waals surface area contributed by atoms with Crippen molar-refractivity contribution >= 4 is 11.8 Å². The van der Waals surface area contributed by atoms with Gasteiger partial charge in [0.15, 0.2) is 0 Å². The molecule has 0 radical (unpaired) electrons. The lowest BCUT2D eigenvalue weighted by Crippen LogP contribution is -2.04. The minimum absolute atomic E-state index is 0.141. The summed E-state index contributed by atoms with van der Waals surface area (Å²) in [5, 5.41) is 9.21. The second kappa shape index (κ2) is 2.96. The largest absolute Gasteiger partial charge is 0.493 e. The lowest BCUT2D eigenvalue weighted by Gasteiger charge is -1.96. The van der Waals surface area contributed by atoms with Crippen molar-refractivity contribution in [3.8, 4) is 5.88 Å². The molecule has 0 aromatic carbocycles. The van der Waals surface area contributed by atoms with Crippen molar-refractivity contribution in [2.24, 2.45) is 0 Å². The van der Waals surface area contributed by atoms with E-state index in [2.05, 4.69) is 9.40 Å². The lowest BCUT2D eigenvalue weighted by atomic mass is 10.4. The summed E-state index contributed by atoms with van der Waals surface area (Å²) >= 11 is 1.17. The van der Waals surface area contributed by atoms with Gasteiger partial charge in [-0.05, 0) is 13.2 Å². The molecule has 0 bridgehead atoms. The van der Waals surface area contributed by atoms with E-state index in [1.54, 1.807) is 6.26 Å². The zero-order valence-electron chi connectivity index (χ0n) is 6.12. The minimum atomic E-state index is -0.540. The number of hydrogen-bond acceptors (Lipinski definition) is 5. The molecule has 0 spiro atoms. The van der Waals surface area contributed by atoms with Crippen molar-refractivity contribution in [1.82, 2.24) is 4.98 Å². The summed E-state index contributed by atoms with van der Waals surface area (Å²) in [6.07, 6.45) is 1.71. The Labute approximate surface area is 67.3 Å². The zero-order valence-corrected chi connectivity index (χ0v) is 6.94. The molecular weight excluding hydrogens is 166 g/mol. The van der Waals surface area contributed by atoms with Gasteiger partial charge in [-0.1, -0.05) is 11.8 Å². The van der Waals surface area contributed by atoms with Crippen LogP contribution in [0.25, 0.3) is 0 Å². The third-order valence-corrected chi connectivity index (χ3v) is 1.72. The van der Waals surface area contributed by atoms with Crippen molar-refractivity contribution < 1.29 is 9.52 Å². The summed E-state index contributed by atoms with van der Waals surface area (Å²) in [5.41, 5.74) is -0.398. The fraction of sp³-hybridized carbons (Fsp3) is 0.333. The van der Waals surface area contributed by atoms with E-state index in [1.165, 1.54) is 18.7 Å². The first kappa shape index (κ1) is 8.13. The van der Waals surface area contributed by atoms with Gasteiger partial charge in [-0.25, -0.2) is 4.79 Å². The number of aromatic nitrogens is 1. The first-order chi connectivity index (χ1) is 5.15. The Balaban J connectivity index is 3.32. The average Bonchev–Trinajstić information content (AvgIpc) is 1.99. The van der Waals surface area contributed by atoms with Gasteiger partial charge in [-0.2, -0.15) is 4.98 Å². The summed E-state index contributed by atoms with van der Waals surface area (Å²) in [7, 11) is 0. The van der Waals surface area contributed by atoms with Crippen molar-refractivity contribution in [2.45, 2.75) is 12.1 Å². The highest BCUT2D eigenvalue weighted by molar-refractivity contribution is 7.98. The van der Waals surface area contributed by atoms with Crippen LogP contribution in [0.5, 0.6) is 5.88 Å². The predicted octanol–water partition coefficient (Wildman–Crippen LogP) is 0.771. The molecule has 0 atom stereocenters. The third kappa shape index (κ3) is 1.54. The van der Waals surface area contributed by atoms with Crippen LogP contribution in [0.1, 0.15) is 5.56 Å². The van der Waals surface area contributed by atoms with Crippen molar-refractivity contribution in [3.05, 3.63) is 16.0 Å². The van der Waals surface area contributed by atoms with Gasteiger partial charge in [0, 0.05) is 0 Å². The minimum Gasteiger partial charge on any atom is -0.493 e. The Morgan fingerprint density at radius 1 is 1.64 bits per heavy atom. The third-order valence-electron chi connectivity index (χ3n) is 1.19. The maximum Gasteiger partial charge on any atom is 0.346 e. The van der Waals surface area contributed by atoms with Crippen LogP contribution in [0.2, 0.25) is 0 Å². The standard InChI is InChI=1S/C6H7NO3S/c1-3-4(8)7-6(11-2)10-5(3)9/h8H,1-2H3. The van der Waals surface area contributed by atoms with Gasteiger partial charge >= 0.3 is 5.63 Å². The molecule has 1 N–H and O–H groups in total. The molecule has 1 heterocycles. The normalized spacial score (nSPS) is 10.0. The number of aromatic hydroxyl groups is 1. The summed E-state index contributed by atoms with van der Waals surface area (Å²) < 4.78 is 4.67. The van der Waals surface area contributed by atoms with Crippen LogP contribution in [0.4, 0.5) is 0 Å². The fourth-order valence-electron chi connectivity index (χ4n) is 0.528. The second-order valence-electron chi connectivity index (χ2n) is 1.92. The van der Waals surface area contributed by atoms with Gasteiger partial charge in [0.25, 0.3) is 5.22 Å². The van der Waals surface area contributed by atoms with Gasteiger partial charge in [-0.3, -0.25) is 0 Å². The molecule has 1 aromatic rings. The van der Waals surface area contributed by atoms with Crippen LogP contribution in [0.3, 0.4) is 0 Å². The highest BCUT2D eigenvalue weighted by Crippen LogP contribution is 2.14. The lowest BCUT2D eigenvalue weighted by molar-refractivity contribution is 0.347. The second-order valence-corrected chi connectivity index (χ2v) is 2.68. The smallest absolute Gasteiger partial charge is 0.346 e. The molecule has 11 heavy (non-hydrogen) atoms. The van der Waals surface area contributed by atoms with E-state index in [9.17, 15) is 4.79 Å². The van der Waals surface area contributed by atoms with E-state index in [4.69, 9.17) is 5.11 Å². The highest BCUT2D eigenvalue weighted by atomic mass is 32.2. The summed E-state index contributed by atoms with van der Waals surface area (Å²) in [6.45, 7) is 1.46. The Morgan fingerprint density at radius 3 is 2.73 bits per heavy atom. The highest BCUT2D eigenvalue weighted by Gasteiger charge is 2.06. The number of nitrogens with zero attached hydrogens (tertiary/aromatic N) is 1. The van der Waals surface area contributed by atoms with E-state index in [1.807, 2.05) is 0 Å². The van der Waals surface area contributed by atoms with E-state index in [-0.39, 0.29) is 16.7 Å².